The second-order valence-electron chi connectivity index (χ2n) is 9.29. The Labute approximate surface area is 181 Å². The van der Waals surface area contributed by atoms with Crippen LogP contribution in [0.3, 0.4) is 0 Å². The first-order valence-corrected chi connectivity index (χ1v) is 11.0. The Kier molecular flexibility index (Phi) is 4.86. The van der Waals surface area contributed by atoms with Gasteiger partial charge in [0.15, 0.2) is 12.0 Å². The summed E-state index contributed by atoms with van der Waals surface area (Å²) in [5.74, 6) is 2.74. The number of carbonyl (C=O) groups excluding carboxylic acids is 1. The molecule has 30 heavy (non-hydrogen) atoms. The fourth-order valence-electron chi connectivity index (χ4n) is 6.41. The van der Waals surface area contributed by atoms with Crippen molar-refractivity contribution in [3.05, 3.63) is 41.2 Å². The van der Waals surface area contributed by atoms with E-state index in [0.717, 1.165) is 24.3 Å². The molecular formula is C23H24ClN5O. The Morgan fingerprint density at radius 1 is 1.13 bits per heavy atom. The molecule has 0 saturated heterocycles. The van der Waals surface area contributed by atoms with E-state index >= 15 is 0 Å². The van der Waals surface area contributed by atoms with Gasteiger partial charge in [-0.25, -0.2) is 4.98 Å². The van der Waals surface area contributed by atoms with Gasteiger partial charge in [0.1, 0.15) is 5.69 Å². The van der Waals surface area contributed by atoms with Crippen LogP contribution in [0.4, 0.5) is 5.82 Å². The molecule has 4 saturated carbocycles. The van der Waals surface area contributed by atoms with Gasteiger partial charge >= 0.3 is 0 Å². The van der Waals surface area contributed by atoms with Crippen molar-refractivity contribution in [2.75, 3.05) is 11.9 Å². The van der Waals surface area contributed by atoms with E-state index in [4.69, 9.17) is 16.9 Å². The number of amides is 1. The average molecular weight is 422 g/mol. The molecule has 4 aliphatic carbocycles. The number of halogens is 1. The first kappa shape index (κ1) is 19.3. The van der Waals surface area contributed by atoms with E-state index in [9.17, 15) is 4.79 Å². The van der Waals surface area contributed by atoms with Gasteiger partial charge in [0.2, 0.25) is 0 Å². The van der Waals surface area contributed by atoms with Crippen molar-refractivity contribution in [2.24, 2.45) is 23.2 Å². The van der Waals surface area contributed by atoms with Crippen molar-refractivity contribution < 1.29 is 4.79 Å². The molecule has 1 amide bonds. The largest absolute Gasteiger partial charge is 0.351 e. The third-order valence-corrected chi connectivity index (χ3v) is 7.48. The zero-order valence-electron chi connectivity index (χ0n) is 16.7. The van der Waals surface area contributed by atoms with E-state index in [1.54, 1.807) is 24.4 Å². The molecule has 1 heterocycles. The lowest BCUT2D eigenvalue weighted by molar-refractivity contribution is -0.0503. The van der Waals surface area contributed by atoms with Gasteiger partial charge in [0.25, 0.3) is 5.91 Å². The highest BCUT2D eigenvalue weighted by Gasteiger charge is 2.50. The second-order valence-corrected chi connectivity index (χ2v) is 9.69. The topological polar surface area (TPSA) is 90.7 Å². The van der Waals surface area contributed by atoms with Crippen molar-refractivity contribution in [2.45, 2.75) is 38.5 Å². The lowest BCUT2D eigenvalue weighted by Gasteiger charge is -2.56. The van der Waals surface area contributed by atoms with Gasteiger partial charge in [-0.1, -0.05) is 17.7 Å². The van der Waals surface area contributed by atoms with Gasteiger partial charge in [-0.2, -0.15) is 5.26 Å². The molecular weight excluding hydrogens is 398 g/mol. The third-order valence-electron chi connectivity index (χ3n) is 7.15. The fraction of sp³-hybridized carbons (Fsp3) is 0.478. The normalized spacial score (nSPS) is 28.7. The molecule has 2 aromatic rings. The van der Waals surface area contributed by atoms with E-state index in [1.165, 1.54) is 44.7 Å². The van der Waals surface area contributed by atoms with Crippen LogP contribution in [0, 0.1) is 34.6 Å². The first-order valence-electron chi connectivity index (χ1n) is 10.6. The lowest BCUT2D eigenvalue weighted by Crippen LogP contribution is -2.51. The van der Waals surface area contributed by atoms with E-state index in [-0.39, 0.29) is 11.3 Å². The minimum atomic E-state index is -0.156. The summed E-state index contributed by atoms with van der Waals surface area (Å²) in [7, 11) is 0. The SMILES string of the molecule is N#CNc1nccnc1-c1ccc(Cl)c(C(=O)NCC23CC4CC(CC(C4)C2)C3)c1. The highest BCUT2D eigenvalue weighted by molar-refractivity contribution is 6.34. The van der Waals surface area contributed by atoms with Crippen LogP contribution in [0.25, 0.3) is 11.3 Å². The summed E-state index contributed by atoms with van der Waals surface area (Å²) >= 11 is 6.37. The second kappa shape index (κ2) is 7.55. The molecule has 0 aliphatic heterocycles. The van der Waals surface area contributed by atoms with Crippen LogP contribution in [0.5, 0.6) is 0 Å². The highest BCUT2D eigenvalue weighted by atomic mass is 35.5. The van der Waals surface area contributed by atoms with Crippen LogP contribution in [0.15, 0.2) is 30.6 Å². The number of nitrogens with zero attached hydrogens (tertiary/aromatic N) is 3. The van der Waals surface area contributed by atoms with E-state index in [0.29, 0.717) is 27.7 Å². The van der Waals surface area contributed by atoms with Crippen LogP contribution >= 0.6 is 11.6 Å². The monoisotopic (exact) mass is 421 g/mol. The Morgan fingerprint density at radius 2 is 1.80 bits per heavy atom. The van der Waals surface area contributed by atoms with Crippen LogP contribution < -0.4 is 10.6 Å². The third kappa shape index (κ3) is 3.52. The van der Waals surface area contributed by atoms with Crippen molar-refractivity contribution in [3.8, 4) is 17.5 Å². The average Bonchev–Trinajstić information content (AvgIpc) is 2.72. The van der Waals surface area contributed by atoms with Crippen molar-refractivity contribution in [1.29, 1.82) is 5.26 Å². The number of anilines is 1. The Balaban J connectivity index is 1.35. The van der Waals surface area contributed by atoms with Crippen molar-refractivity contribution in [3.63, 3.8) is 0 Å². The smallest absolute Gasteiger partial charge is 0.252 e. The van der Waals surface area contributed by atoms with E-state index < -0.39 is 0 Å². The zero-order valence-corrected chi connectivity index (χ0v) is 17.5. The number of rotatable bonds is 5. The number of benzene rings is 1. The molecule has 1 aromatic heterocycles. The minimum Gasteiger partial charge on any atom is -0.351 e. The summed E-state index contributed by atoms with van der Waals surface area (Å²) in [5, 5.41) is 15.1. The Hall–Kier alpha value is -2.65. The maximum atomic E-state index is 13.1. The summed E-state index contributed by atoms with van der Waals surface area (Å²) in [5.41, 5.74) is 1.88. The molecule has 4 bridgehead atoms. The number of nitrogens with one attached hydrogen (secondary N) is 2. The molecule has 6 nitrogen and oxygen atoms in total. The molecule has 154 valence electrons. The van der Waals surface area contributed by atoms with Gasteiger partial charge < -0.3 is 5.32 Å². The molecule has 0 atom stereocenters. The number of carbonyl (C=O) groups is 1. The summed E-state index contributed by atoms with van der Waals surface area (Å²) in [6.45, 7) is 0.724. The summed E-state index contributed by atoms with van der Waals surface area (Å²) in [6, 6.07) is 5.20. The number of aromatic nitrogens is 2. The summed E-state index contributed by atoms with van der Waals surface area (Å²) < 4.78 is 0. The lowest BCUT2D eigenvalue weighted by atomic mass is 9.49. The van der Waals surface area contributed by atoms with Crippen LogP contribution in [-0.2, 0) is 0 Å². The molecule has 2 N–H and O–H groups in total. The van der Waals surface area contributed by atoms with Crippen LogP contribution in [0.2, 0.25) is 5.02 Å². The van der Waals surface area contributed by atoms with Crippen LogP contribution in [-0.4, -0.2) is 22.4 Å². The standard InChI is InChI=1S/C23H24ClN5O/c24-19-2-1-17(20-21(29-13-25)27-4-3-26-20)8-18(19)22(30)28-12-23-9-14-5-15(10-23)7-16(6-14)11-23/h1-4,8,14-16H,5-7,9-12H2,(H,27,29)(H,28,30). The van der Waals surface area contributed by atoms with Gasteiger partial charge in [-0.15, -0.1) is 0 Å². The number of hydrogen-bond donors (Lipinski definition) is 2. The molecule has 7 heteroatoms. The van der Waals surface area contributed by atoms with Gasteiger partial charge in [0.05, 0.1) is 10.6 Å². The molecule has 1 aromatic carbocycles. The maximum absolute atomic E-state index is 13.1. The highest BCUT2D eigenvalue weighted by Crippen LogP contribution is 2.59. The summed E-state index contributed by atoms with van der Waals surface area (Å²) in [4.78, 5) is 21.5. The number of hydrogen-bond acceptors (Lipinski definition) is 5. The molecule has 0 radical (unpaired) electrons. The van der Waals surface area contributed by atoms with Crippen LogP contribution in [0.1, 0.15) is 48.9 Å². The number of nitriles is 1. The first-order chi connectivity index (χ1) is 14.5. The molecule has 0 spiro atoms. The zero-order chi connectivity index (χ0) is 20.7. The molecule has 4 fully saturated rings. The van der Waals surface area contributed by atoms with Crippen molar-refractivity contribution >= 4 is 23.3 Å². The van der Waals surface area contributed by atoms with Crippen molar-refractivity contribution in [1.82, 2.24) is 15.3 Å². The van der Waals surface area contributed by atoms with Gasteiger partial charge in [-0.05, 0) is 73.8 Å². The van der Waals surface area contributed by atoms with E-state index in [2.05, 4.69) is 20.6 Å². The van der Waals surface area contributed by atoms with Gasteiger partial charge in [0, 0.05) is 24.5 Å². The van der Waals surface area contributed by atoms with Gasteiger partial charge in [-0.3, -0.25) is 15.1 Å². The minimum absolute atomic E-state index is 0.156. The fourth-order valence-corrected chi connectivity index (χ4v) is 6.61. The summed E-state index contributed by atoms with van der Waals surface area (Å²) in [6.07, 6.45) is 12.8. The predicted octanol–water partition coefficient (Wildman–Crippen LogP) is 4.64. The quantitative estimate of drug-likeness (QED) is 0.542. The molecule has 4 aliphatic rings. The maximum Gasteiger partial charge on any atom is 0.252 e. The molecule has 6 rings (SSSR count). The molecule has 0 unspecified atom stereocenters. The van der Waals surface area contributed by atoms with E-state index in [1.807, 2.05) is 6.19 Å². The predicted molar refractivity (Wildman–Crippen MR) is 115 cm³/mol. The Bertz CT molecular complexity index is 995. The Morgan fingerprint density at radius 3 is 2.47 bits per heavy atom.